The van der Waals surface area contributed by atoms with Crippen molar-refractivity contribution in [2.24, 2.45) is 5.73 Å². The molecule has 1 heterocycles. The summed E-state index contributed by atoms with van der Waals surface area (Å²) in [4.78, 5) is 11.2. The number of ether oxygens (including phenoxy) is 1. The summed E-state index contributed by atoms with van der Waals surface area (Å²) in [5, 5.41) is 12.9. The Kier molecular flexibility index (Phi) is 4.99. The molecule has 0 amide bonds. The lowest BCUT2D eigenvalue weighted by Crippen LogP contribution is -2.35. The molecule has 130 valence electrons. The van der Waals surface area contributed by atoms with Crippen LogP contribution in [0.1, 0.15) is 11.1 Å². The summed E-state index contributed by atoms with van der Waals surface area (Å²) in [6.07, 6.45) is 1.63. The first-order chi connectivity index (χ1) is 12.1. The zero-order chi connectivity index (χ0) is 17.8. The molecule has 0 radical (unpaired) electrons. The molecule has 0 saturated carbocycles. The number of nitrogens with two attached hydrogens (primary N) is 1. The maximum absolute atomic E-state index is 11.2. The molecule has 1 aliphatic heterocycles. The molecule has 1 aliphatic rings. The minimum Gasteiger partial charge on any atom is -0.462 e. The summed E-state index contributed by atoms with van der Waals surface area (Å²) >= 11 is 0. The number of hydrazine groups is 2. The van der Waals surface area contributed by atoms with E-state index in [9.17, 15) is 10.0 Å². The third-order valence-electron chi connectivity index (χ3n) is 3.94. The number of anilines is 3. The third kappa shape index (κ3) is 3.48. The number of fused-ring (bicyclic) bond motifs is 1. The predicted molar refractivity (Wildman–Crippen MR) is 95.0 cm³/mol. The molecule has 2 aromatic rings. The highest BCUT2D eigenvalue weighted by Gasteiger charge is 2.28. The fourth-order valence-corrected chi connectivity index (χ4v) is 2.71. The maximum Gasteiger partial charge on any atom is 0.330 e. The smallest absolute Gasteiger partial charge is 0.330 e. The lowest BCUT2D eigenvalue weighted by Gasteiger charge is -2.26. The second kappa shape index (κ2) is 7.35. The Morgan fingerprint density at radius 3 is 2.84 bits per heavy atom. The van der Waals surface area contributed by atoms with Gasteiger partial charge < -0.3 is 10.5 Å². The molecule has 7 nitrogen and oxygen atoms in total. The number of rotatable bonds is 6. The largest absolute Gasteiger partial charge is 0.462 e. The number of nitrogens with one attached hydrogen (secondary N) is 1. The van der Waals surface area contributed by atoms with Gasteiger partial charge in [0.25, 0.3) is 0 Å². The minimum absolute atomic E-state index is 0.216. The second-order valence-corrected chi connectivity index (χ2v) is 5.52. The molecular formula is C18H20N4O3. The molecule has 0 aliphatic carbocycles. The second-order valence-electron chi connectivity index (χ2n) is 5.52. The van der Waals surface area contributed by atoms with Crippen molar-refractivity contribution in [1.29, 1.82) is 0 Å². The quantitative estimate of drug-likeness (QED) is 0.550. The van der Waals surface area contributed by atoms with E-state index in [4.69, 9.17) is 10.5 Å². The predicted octanol–water partition coefficient (Wildman–Crippen LogP) is 2.50. The van der Waals surface area contributed by atoms with Gasteiger partial charge in [0, 0.05) is 24.3 Å². The van der Waals surface area contributed by atoms with Crippen molar-refractivity contribution < 1.29 is 14.7 Å². The zero-order valence-electron chi connectivity index (χ0n) is 13.7. The summed E-state index contributed by atoms with van der Waals surface area (Å²) in [6.45, 7) is 3.98. The van der Waals surface area contributed by atoms with E-state index in [1.165, 1.54) is 0 Å². The van der Waals surface area contributed by atoms with Crippen LogP contribution in [0.25, 0.3) is 0 Å². The summed E-state index contributed by atoms with van der Waals surface area (Å²) in [5.74, 6) is -0.461. The lowest BCUT2D eigenvalue weighted by atomic mass is 10.1. The standard InChI is InChI=1S/C18H20N4O3/c1-2-18(23)25-10-9-14-8-7-13(12-19)11-17(14)21-16-6-4-3-5-15(16)20-22(21)24/h2-8,11,20,24H,1,9-10,12,19H2. The van der Waals surface area contributed by atoms with E-state index in [-0.39, 0.29) is 6.61 Å². The molecule has 0 fully saturated rings. The van der Waals surface area contributed by atoms with E-state index < -0.39 is 5.97 Å². The highest BCUT2D eigenvalue weighted by atomic mass is 16.6. The molecular weight excluding hydrogens is 320 g/mol. The molecule has 0 aromatic heterocycles. The molecule has 25 heavy (non-hydrogen) atoms. The summed E-state index contributed by atoms with van der Waals surface area (Å²) in [6, 6.07) is 13.3. The molecule has 2 aromatic carbocycles. The molecule has 0 bridgehead atoms. The number of carbonyl (C=O) groups is 1. The van der Waals surface area contributed by atoms with Gasteiger partial charge >= 0.3 is 5.97 Å². The highest BCUT2D eigenvalue weighted by Crippen LogP contribution is 2.40. The van der Waals surface area contributed by atoms with Crippen molar-refractivity contribution in [3.05, 3.63) is 66.2 Å². The summed E-state index contributed by atoms with van der Waals surface area (Å²) < 4.78 is 5.07. The molecule has 4 N–H and O–H groups in total. The van der Waals surface area contributed by atoms with E-state index in [1.807, 2.05) is 42.5 Å². The van der Waals surface area contributed by atoms with Crippen LogP contribution < -0.4 is 16.2 Å². The van der Waals surface area contributed by atoms with Crippen molar-refractivity contribution in [1.82, 2.24) is 5.28 Å². The van der Waals surface area contributed by atoms with Crippen LogP contribution >= 0.6 is 0 Å². The van der Waals surface area contributed by atoms with Gasteiger partial charge in [0.05, 0.1) is 23.7 Å². The molecule has 7 heteroatoms. The van der Waals surface area contributed by atoms with Crippen LogP contribution in [0.5, 0.6) is 0 Å². The Hall–Kier alpha value is -2.87. The van der Waals surface area contributed by atoms with Gasteiger partial charge in [-0.05, 0) is 29.3 Å². The molecule has 0 atom stereocenters. The van der Waals surface area contributed by atoms with Crippen LogP contribution in [0, 0.1) is 0 Å². The van der Waals surface area contributed by atoms with Crippen molar-refractivity contribution in [2.45, 2.75) is 13.0 Å². The monoisotopic (exact) mass is 340 g/mol. The number of hydrogen-bond acceptors (Lipinski definition) is 7. The lowest BCUT2D eigenvalue weighted by molar-refractivity contribution is -0.137. The number of carbonyl (C=O) groups excluding carboxylic acids is 1. The number of benzene rings is 2. The van der Waals surface area contributed by atoms with Gasteiger partial charge in [0.2, 0.25) is 0 Å². The van der Waals surface area contributed by atoms with Crippen LogP contribution in [0.3, 0.4) is 0 Å². The van der Waals surface area contributed by atoms with Crippen LogP contribution in [0.2, 0.25) is 0 Å². The van der Waals surface area contributed by atoms with Gasteiger partial charge in [-0.25, -0.2) is 9.80 Å². The number of hydrogen-bond donors (Lipinski definition) is 3. The SMILES string of the molecule is C=CC(=O)OCCc1ccc(CN)cc1N1c2ccccc2NN1O. The number of para-hydroxylation sites is 2. The van der Waals surface area contributed by atoms with E-state index in [2.05, 4.69) is 12.0 Å². The molecule has 0 spiro atoms. The average Bonchev–Trinajstić information content (AvgIpc) is 2.97. The van der Waals surface area contributed by atoms with Gasteiger partial charge in [-0.2, -0.15) is 0 Å². The Balaban J connectivity index is 1.93. The first kappa shape index (κ1) is 17.0. The number of nitrogens with zero attached hydrogens (tertiary/aromatic N) is 2. The van der Waals surface area contributed by atoms with Gasteiger partial charge in [-0.1, -0.05) is 30.8 Å². The van der Waals surface area contributed by atoms with Crippen LogP contribution in [0.4, 0.5) is 17.1 Å². The van der Waals surface area contributed by atoms with E-state index >= 15 is 0 Å². The van der Waals surface area contributed by atoms with Crippen molar-refractivity contribution in [3.63, 3.8) is 0 Å². The fourth-order valence-electron chi connectivity index (χ4n) is 2.71. The normalized spacial score (nSPS) is 13.3. The van der Waals surface area contributed by atoms with Crippen molar-refractivity contribution in [2.75, 3.05) is 17.0 Å². The Morgan fingerprint density at radius 2 is 2.08 bits per heavy atom. The van der Waals surface area contributed by atoms with Crippen LogP contribution in [0.15, 0.2) is 55.1 Å². The van der Waals surface area contributed by atoms with Crippen LogP contribution in [-0.4, -0.2) is 23.1 Å². The minimum atomic E-state index is -0.461. The van der Waals surface area contributed by atoms with E-state index in [0.29, 0.717) is 13.0 Å². The molecule has 3 rings (SSSR count). The first-order valence-corrected chi connectivity index (χ1v) is 7.90. The Morgan fingerprint density at radius 1 is 1.28 bits per heavy atom. The van der Waals surface area contributed by atoms with E-state index in [0.717, 1.165) is 39.5 Å². The fraction of sp³-hybridized carbons (Fsp3) is 0.167. The van der Waals surface area contributed by atoms with E-state index in [1.54, 1.807) is 5.01 Å². The first-order valence-electron chi connectivity index (χ1n) is 7.90. The third-order valence-corrected chi connectivity index (χ3v) is 3.94. The Labute approximate surface area is 145 Å². The van der Waals surface area contributed by atoms with Crippen molar-refractivity contribution >= 4 is 23.0 Å². The number of esters is 1. The van der Waals surface area contributed by atoms with Gasteiger partial charge in [-0.15, -0.1) is 0 Å². The van der Waals surface area contributed by atoms with Crippen molar-refractivity contribution in [3.8, 4) is 0 Å². The average molecular weight is 340 g/mol. The Bertz CT molecular complexity index is 794. The molecule has 0 unspecified atom stereocenters. The van der Waals surface area contributed by atoms with Gasteiger partial charge in [0.15, 0.2) is 0 Å². The van der Waals surface area contributed by atoms with Gasteiger partial charge in [0.1, 0.15) is 0 Å². The maximum atomic E-state index is 11.2. The van der Waals surface area contributed by atoms with Crippen LogP contribution in [-0.2, 0) is 22.5 Å². The summed E-state index contributed by atoms with van der Waals surface area (Å²) in [5.41, 5.74) is 12.8. The highest BCUT2D eigenvalue weighted by molar-refractivity contribution is 5.81. The molecule has 0 saturated heterocycles. The topological polar surface area (TPSA) is 91.1 Å². The van der Waals surface area contributed by atoms with Gasteiger partial charge in [-0.3, -0.25) is 10.6 Å². The zero-order valence-corrected chi connectivity index (χ0v) is 13.7. The summed E-state index contributed by atoms with van der Waals surface area (Å²) in [7, 11) is 0.